The maximum atomic E-state index is 13.1. The van der Waals surface area contributed by atoms with E-state index in [0.29, 0.717) is 11.1 Å². The average Bonchev–Trinajstić information content (AvgIpc) is 3.06. The molecule has 6 heteroatoms. The van der Waals surface area contributed by atoms with E-state index in [1.807, 2.05) is 0 Å². The van der Waals surface area contributed by atoms with Gasteiger partial charge in [0.15, 0.2) is 0 Å². The zero-order valence-electron chi connectivity index (χ0n) is 13.8. The topological polar surface area (TPSA) is 38.5 Å². The van der Waals surface area contributed by atoms with E-state index in [2.05, 4.69) is 0 Å². The van der Waals surface area contributed by atoms with E-state index in [1.165, 1.54) is 10.5 Å². The number of aromatic nitrogens is 1. The van der Waals surface area contributed by atoms with Gasteiger partial charge in [-0.05, 0) is 23.6 Å². The zero-order chi connectivity index (χ0) is 19.2. The Labute approximate surface area is 151 Å². The van der Waals surface area contributed by atoms with Crippen LogP contribution in [0.15, 0.2) is 72.8 Å². The highest BCUT2D eigenvalue weighted by Gasteiger charge is 2.41. The number of alkyl halides is 3. The maximum Gasteiger partial charge on any atom is 0.454 e. The number of hydrogen-bond donors (Lipinski definition) is 0. The summed E-state index contributed by atoms with van der Waals surface area (Å²) in [5.74, 6) is -2.43. The number of para-hydroxylation sites is 1. The Bertz CT molecular complexity index is 1190. The Hall–Kier alpha value is -3.41. The number of benzene rings is 2. The van der Waals surface area contributed by atoms with Crippen molar-refractivity contribution in [2.24, 2.45) is 0 Å². The molecule has 0 amide bonds. The van der Waals surface area contributed by atoms with Crippen LogP contribution in [-0.2, 0) is 0 Å². The van der Waals surface area contributed by atoms with Gasteiger partial charge in [-0.25, -0.2) is 0 Å². The summed E-state index contributed by atoms with van der Waals surface area (Å²) in [6, 6.07) is 19.3. The van der Waals surface area contributed by atoms with Crippen molar-refractivity contribution in [1.29, 1.82) is 0 Å². The van der Waals surface area contributed by atoms with Crippen LogP contribution in [0.2, 0.25) is 0 Å². The van der Waals surface area contributed by atoms with Crippen molar-refractivity contribution in [2.75, 3.05) is 0 Å². The summed E-state index contributed by atoms with van der Waals surface area (Å²) in [5.41, 5.74) is 0.412. The van der Waals surface area contributed by atoms with Gasteiger partial charge in [-0.3, -0.25) is 9.59 Å². The number of pyridine rings is 1. The molecule has 0 bridgehead atoms. The van der Waals surface area contributed by atoms with E-state index in [-0.39, 0.29) is 11.2 Å². The number of nitrogens with zero attached hydrogens (tertiary/aromatic N) is 1. The highest BCUT2D eigenvalue weighted by Crippen LogP contribution is 2.30. The van der Waals surface area contributed by atoms with Gasteiger partial charge in [-0.1, -0.05) is 54.6 Å². The lowest BCUT2D eigenvalue weighted by molar-refractivity contribution is -0.0884. The molecule has 134 valence electrons. The summed E-state index contributed by atoms with van der Waals surface area (Å²) in [6.07, 6.45) is -5.03. The molecule has 0 radical (unpaired) electrons. The first-order valence-electron chi connectivity index (χ1n) is 8.12. The highest BCUT2D eigenvalue weighted by atomic mass is 19.4. The zero-order valence-corrected chi connectivity index (χ0v) is 13.8. The van der Waals surface area contributed by atoms with Crippen LogP contribution in [0, 0.1) is 0 Å². The summed E-state index contributed by atoms with van der Waals surface area (Å²) in [7, 11) is 0. The number of rotatable bonds is 3. The molecule has 2 aromatic carbocycles. The number of fused-ring (bicyclic) bond motifs is 3. The number of hydrogen-bond acceptors (Lipinski definition) is 2. The van der Waals surface area contributed by atoms with Gasteiger partial charge in [0.25, 0.3) is 5.78 Å². The SMILES string of the molecule is O=C(c1ccccc1)c1cc(C(=O)C(F)(F)F)c2ccc3ccccc3n12. The molecule has 2 heterocycles. The van der Waals surface area contributed by atoms with Crippen molar-refractivity contribution >= 4 is 28.0 Å². The molecule has 0 unspecified atom stereocenters. The second-order valence-electron chi connectivity index (χ2n) is 6.08. The normalized spacial score (nSPS) is 11.8. The Morgan fingerprint density at radius 3 is 2.15 bits per heavy atom. The number of halogens is 3. The molecule has 3 nitrogen and oxygen atoms in total. The Morgan fingerprint density at radius 2 is 1.44 bits per heavy atom. The van der Waals surface area contributed by atoms with Gasteiger partial charge < -0.3 is 4.40 Å². The summed E-state index contributed by atoms with van der Waals surface area (Å²) >= 11 is 0. The van der Waals surface area contributed by atoms with E-state index < -0.39 is 23.3 Å². The molecule has 4 aromatic rings. The molecular formula is C21H12F3NO2. The molecule has 0 saturated carbocycles. The standard InChI is InChI=1S/C21H12F3NO2/c22-21(23,24)20(27)15-12-18(19(26)14-7-2-1-3-8-14)25-16-9-5-4-6-13(16)10-11-17(15)25/h1-12H. The summed E-state index contributed by atoms with van der Waals surface area (Å²) in [4.78, 5) is 24.9. The molecule has 0 aliphatic rings. The Kier molecular flexibility index (Phi) is 3.84. The second kappa shape index (κ2) is 6.09. The minimum absolute atomic E-state index is 0.0144. The van der Waals surface area contributed by atoms with Gasteiger partial charge >= 0.3 is 6.18 Å². The Morgan fingerprint density at radius 1 is 0.778 bits per heavy atom. The minimum atomic E-state index is -5.03. The molecule has 0 spiro atoms. The molecule has 0 saturated heterocycles. The fraction of sp³-hybridized carbons (Fsp3) is 0.0476. The number of ketones is 2. The number of carbonyl (C=O) groups is 2. The van der Waals surface area contributed by atoms with Crippen LogP contribution >= 0.6 is 0 Å². The van der Waals surface area contributed by atoms with E-state index in [4.69, 9.17) is 0 Å². The van der Waals surface area contributed by atoms with Gasteiger partial charge in [0.05, 0.1) is 22.3 Å². The maximum absolute atomic E-state index is 13.1. The van der Waals surface area contributed by atoms with Crippen LogP contribution in [0.25, 0.3) is 16.4 Å². The third-order valence-electron chi connectivity index (χ3n) is 4.41. The van der Waals surface area contributed by atoms with Crippen LogP contribution in [0.3, 0.4) is 0 Å². The van der Waals surface area contributed by atoms with Crippen LogP contribution in [0.5, 0.6) is 0 Å². The lowest BCUT2D eigenvalue weighted by Crippen LogP contribution is -2.22. The molecular weight excluding hydrogens is 355 g/mol. The highest BCUT2D eigenvalue weighted by molar-refractivity contribution is 6.14. The fourth-order valence-corrected chi connectivity index (χ4v) is 3.19. The quantitative estimate of drug-likeness (QED) is 0.474. The molecule has 0 fully saturated rings. The fourth-order valence-electron chi connectivity index (χ4n) is 3.19. The summed E-state index contributed by atoms with van der Waals surface area (Å²) < 4.78 is 40.6. The molecule has 0 N–H and O–H groups in total. The van der Waals surface area contributed by atoms with Gasteiger partial charge in [0.1, 0.15) is 0 Å². The summed E-state index contributed by atoms with van der Waals surface area (Å²) in [5, 5.41) is 0.744. The number of carbonyl (C=O) groups excluding carboxylic acids is 2. The molecule has 0 atom stereocenters. The van der Waals surface area contributed by atoms with Crippen molar-refractivity contribution in [1.82, 2.24) is 4.40 Å². The van der Waals surface area contributed by atoms with Crippen molar-refractivity contribution in [3.8, 4) is 0 Å². The first-order chi connectivity index (χ1) is 12.9. The van der Waals surface area contributed by atoms with Crippen molar-refractivity contribution in [3.05, 3.63) is 89.6 Å². The average molecular weight is 367 g/mol. The van der Waals surface area contributed by atoms with Crippen LogP contribution < -0.4 is 0 Å². The first-order valence-corrected chi connectivity index (χ1v) is 8.12. The Balaban J connectivity index is 2.07. The largest absolute Gasteiger partial charge is 0.454 e. The third kappa shape index (κ3) is 2.79. The first kappa shape index (κ1) is 17.0. The smallest absolute Gasteiger partial charge is 0.305 e. The molecule has 27 heavy (non-hydrogen) atoms. The van der Waals surface area contributed by atoms with E-state index >= 15 is 0 Å². The molecule has 0 aliphatic heterocycles. The van der Waals surface area contributed by atoms with Crippen molar-refractivity contribution in [3.63, 3.8) is 0 Å². The van der Waals surface area contributed by atoms with Crippen LogP contribution in [0.1, 0.15) is 26.4 Å². The van der Waals surface area contributed by atoms with E-state index in [1.54, 1.807) is 60.7 Å². The lowest BCUT2D eigenvalue weighted by Gasteiger charge is -2.08. The molecule has 4 rings (SSSR count). The van der Waals surface area contributed by atoms with Crippen LogP contribution in [0.4, 0.5) is 13.2 Å². The molecule has 0 aliphatic carbocycles. The monoisotopic (exact) mass is 367 g/mol. The van der Waals surface area contributed by atoms with Crippen LogP contribution in [-0.4, -0.2) is 22.1 Å². The minimum Gasteiger partial charge on any atom is -0.305 e. The predicted molar refractivity (Wildman–Crippen MR) is 95.2 cm³/mol. The van der Waals surface area contributed by atoms with E-state index in [0.717, 1.165) is 11.5 Å². The van der Waals surface area contributed by atoms with Gasteiger partial charge in [-0.2, -0.15) is 13.2 Å². The number of Topliss-reactive ketones (excluding diaryl/α,β-unsaturated/α-hetero) is 1. The summed E-state index contributed by atoms with van der Waals surface area (Å²) in [6.45, 7) is 0. The van der Waals surface area contributed by atoms with Crippen molar-refractivity contribution in [2.45, 2.75) is 6.18 Å². The molecule has 2 aromatic heterocycles. The van der Waals surface area contributed by atoms with Gasteiger partial charge in [-0.15, -0.1) is 0 Å². The lowest BCUT2D eigenvalue weighted by atomic mass is 10.1. The predicted octanol–water partition coefficient (Wildman–Crippen LogP) is 5.07. The van der Waals surface area contributed by atoms with Gasteiger partial charge in [0, 0.05) is 5.56 Å². The second-order valence-corrected chi connectivity index (χ2v) is 6.08. The van der Waals surface area contributed by atoms with E-state index in [9.17, 15) is 22.8 Å². The van der Waals surface area contributed by atoms with Crippen molar-refractivity contribution < 1.29 is 22.8 Å². The third-order valence-corrected chi connectivity index (χ3v) is 4.41. The van der Waals surface area contributed by atoms with Gasteiger partial charge in [0.2, 0.25) is 5.78 Å².